The van der Waals surface area contributed by atoms with Crippen molar-refractivity contribution in [2.75, 3.05) is 11.5 Å². The molecule has 0 saturated carbocycles. The summed E-state index contributed by atoms with van der Waals surface area (Å²) in [5.74, 6) is 2.87. The number of nitrogens with one attached hydrogen (secondary N) is 1. The number of tetrazole rings is 1. The molecule has 1 N–H and O–H groups in total. The zero-order chi connectivity index (χ0) is 14.7. The van der Waals surface area contributed by atoms with E-state index in [2.05, 4.69) is 20.8 Å². The third-order valence-corrected chi connectivity index (χ3v) is 4.61. The first-order chi connectivity index (χ1) is 10.2. The zero-order valence-electron chi connectivity index (χ0n) is 11.8. The monoisotopic (exact) mass is 303 g/mol. The van der Waals surface area contributed by atoms with E-state index < -0.39 is 0 Å². The molecule has 0 bridgehead atoms. The van der Waals surface area contributed by atoms with Gasteiger partial charge in [-0.25, -0.2) is 4.68 Å². The fourth-order valence-electron chi connectivity index (χ4n) is 2.38. The van der Waals surface area contributed by atoms with Gasteiger partial charge in [0, 0.05) is 24.2 Å². The van der Waals surface area contributed by atoms with Crippen LogP contribution in [0.2, 0.25) is 0 Å². The largest absolute Gasteiger partial charge is 0.349 e. The molecule has 0 aliphatic carbocycles. The average Bonchev–Trinajstić information content (AvgIpc) is 2.94. The Kier molecular flexibility index (Phi) is 4.19. The van der Waals surface area contributed by atoms with Gasteiger partial charge >= 0.3 is 0 Å². The number of hydrogen-bond acceptors (Lipinski definition) is 5. The highest BCUT2D eigenvalue weighted by molar-refractivity contribution is 7.99. The molecule has 1 aliphatic rings. The van der Waals surface area contributed by atoms with Crippen LogP contribution in [0.15, 0.2) is 24.3 Å². The van der Waals surface area contributed by atoms with Gasteiger partial charge in [-0.3, -0.25) is 4.79 Å². The predicted octanol–water partition coefficient (Wildman–Crippen LogP) is 1.50. The molecular formula is C14H17N5OS. The first kappa shape index (κ1) is 14.1. The van der Waals surface area contributed by atoms with E-state index in [1.54, 1.807) is 11.7 Å². The smallest absolute Gasteiger partial charge is 0.251 e. The lowest BCUT2D eigenvalue weighted by Crippen LogP contribution is -2.37. The Morgan fingerprint density at radius 2 is 2.19 bits per heavy atom. The highest BCUT2D eigenvalue weighted by atomic mass is 32.2. The van der Waals surface area contributed by atoms with E-state index in [9.17, 15) is 4.79 Å². The molecule has 1 saturated heterocycles. The van der Waals surface area contributed by atoms with E-state index >= 15 is 0 Å². The molecule has 1 amide bonds. The van der Waals surface area contributed by atoms with Crippen LogP contribution in [0.1, 0.15) is 23.2 Å². The van der Waals surface area contributed by atoms with E-state index in [1.807, 2.05) is 36.0 Å². The van der Waals surface area contributed by atoms with E-state index in [0.717, 1.165) is 29.9 Å². The van der Waals surface area contributed by atoms with Crippen molar-refractivity contribution >= 4 is 17.7 Å². The van der Waals surface area contributed by atoms with Crippen molar-refractivity contribution in [3.05, 3.63) is 29.8 Å². The van der Waals surface area contributed by atoms with Crippen molar-refractivity contribution in [2.45, 2.75) is 18.9 Å². The van der Waals surface area contributed by atoms with Crippen LogP contribution in [0.3, 0.4) is 0 Å². The lowest BCUT2D eigenvalue weighted by molar-refractivity contribution is 0.0935. The van der Waals surface area contributed by atoms with Crippen LogP contribution in [0, 0.1) is 0 Å². The van der Waals surface area contributed by atoms with Crippen molar-refractivity contribution in [2.24, 2.45) is 7.05 Å². The van der Waals surface area contributed by atoms with Crippen LogP contribution < -0.4 is 5.32 Å². The Hall–Kier alpha value is -1.89. The normalized spacial score (nSPS) is 15.9. The van der Waals surface area contributed by atoms with E-state index in [1.165, 1.54) is 0 Å². The van der Waals surface area contributed by atoms with Crippen LogP contribution in [0.5, 0.6) is 0 Å². The number of hydrogen-bond donors (Lipinski definition) is 1. The number of amides is 1. The summed E-state index contributed by atoms with van der Waals surface area (Å²) in [6.45, 7) is 0. The lowest BCUT2D eigenvalue weighted by atomic mass is 10.1. The molecule has 3 rings (SSSR count). The zero-order valence-corrected chi connectivity index (χ0v) is 12.6. The van der Waals surface area contributed by atoms with Crippen molar-refractivity contribution in [1.82, 2.24) is 25.5 Å². The maximum atomic E-state index is 12.3. The number of aromatic nitrogens is 4. The summed E-state index contributed by atoms with van der Waals surface area (Å²) >= 11 is 1.95. The van der Waals surface area contributed by atoms with Gasteiger partial charge < -0.3 is 5.32 Å². The van der Waals surface area contributed by atoms with Gasteiger partial charge in [-0.1, -0.05) is 12.1 Å². The van der Waals surface area contributed by atoms with Crippen LogP contribution >= 0.6 is 11.8 Å². The molecule has 0 radical (unpaired) electrons. The quantitative estimate of drug-likeness (QED) is 0.930. The Bertz CT molecular complexity index is 636. The molecule has 1 aliphatic heterocycles. The van der Waals surface area contributed by atoms with E-state index in [-0.39, 0.29) is 5.91 Å². The van der Waals surface area contributed by atoms with Crippen molar-refractivity contribution in [3.8, 4) is 11.4 Å². The first-order valence-corrected chi connectivity index (χ1v) is 8.11. The third-order valence-electron chi connectivity index (χ3n) is 3.56. The molecule has 2 aromatic rings. The Morgan fingerprint density at radius 3 is 2.90 bits per heavy atom. The molecule has 0 unspecified atom stereocenters. The molecule has 21 heavy (non-hydrogen) atoms. The minimum absolute atomic E-state index is 0.0242. The van der Waals surface area contributed by atoms with Gasteiger partial charge in [0.05, 0.1) is 0 Å². The summed E-state index contributed by atoms with van der Waals surface area (Å²) in [7, 11) is 1.78. The number of benzene rings is 1. The van der Waals surface area contributed by atoms with Crippen LogP contribution in [-0.4, -0.2) is 43.7 Å². The summed E-state index contributed by atoms with van der Waals surface area (Å²) in [5.41, 5.74) is 1.49. The molecule has 0 spiro atoms. The van der Waals surface area contributed by atoms with Gasteiger partial charge in [0.15, 0.2) is 5.82 Å². The van der Waals surface area contributed by atoms with E-state index in [4.69, 9.17) is 0 Å². The van der Waals surface area contributed by atoms with Gasteiger partial charge in [-0.15, -0.1) is 5.10 Å². The van der Waals surface area contributed by atoms with Crippen molar-refractivity contribution < 1.29 is 4.79 Å². The van der Waals surface area contributed by atoms with Gasteiger partial charge in [0.1, 0.15) is 0 Å². The molecule has 1 aromatic carbocycles. The third kappa shape index (κ3) is 3.24. The van der Waals surface area contributed by atoms with Crippen molar-refractivity contribution in [1.29, 1.82) is 0 Å². The Morgan fingerprint density at radius 1 is 1.38 bits per heavy atom. The molecule has 7 heteroatoms. The van der Waals surface area contributed by atoms with Gasteiger partial charge in [-0.2, -0.15) is 11.8 Å². The maximum Gasteiger partial charge on any atom is 0.251 e. The Labute approximate surface area is 127 Å². The molecule has 2 heterocycles. The lowest BCUT2D eigenvalue weighted by Gasteiger charge is -2.22. The van der Waals surface area contributed by atoms with Crippen LogP contribution in [0.4, 0.5) is 0 Å². The Balaban J connectivity index is 1.76. The molecule has 1 fully saturated rings. The second-order valence-electron chi connectivity index (χ2n) is 5.07. The second-order valence-corrected chi connectivity index (χ2v) is 6.29. The molecule has 110 valence electrons. The number of rotatable bonds is 3. The fourth-order valence-corrected chi connectivity index (χ4v) is 3.49. The summed E-state index contributed by atoms with van der Waals surface area (Å²) in [6.07, 6.45) is 2.09. The first-order valence-electron chi connectivity index (χ1n) is 6.95. The topological polar surface area (TPSA) is 72.7 Å². The fraction of sp³-hybridized carbons (Fsp3) is 0.429. The molecular weight excluding hydrogens is 286 g/mol. The molecule has 6 nitrogen and oxygen atoms in total. The number of carbonyl (C=O) groups is 1. The summed E-state index contributed by atoms with van der Waals surface area (Å²) < 4.78 is 1.59. The summed E-state index contributed by atoms with van der Waals surface area (Å²) in [6, 6.07) is 7.70. The van der Waals surface area contributed by atoms with Crippen LogP contribution in [0.25, 0.3) is 11.4 Å². The predicted molar refractivity (Wildman–Crippen MR) is 82.0 cm³/mol. The number of thioether (sulfide) groups is 1. The van der Waals surface area contributed by atoms with Gasteiger partial charge in [0.25, 0.3) is 5.91 Å². The second kappa shape index (κ2) is 6.26. The average molecular weight is 303 g/mol. The highest BCUT2D eigenvalue weighted by Crippen LogP contribution is 2.19. The minimum atomic E-state index is -0.0242. The molecule has 0 atom stereocenters. The number of nitrogens with zero attached hydrogens (tertiary/aromatic N) is 4. The summed E-state index contributed by atoms with van der Waals surface area (Å²) in [4.78, 5) is 12.3. The van der Waals surface area contributed by atoms with E-state index in [0.29, 0.717) is 17.4 Å². The molecule has 1 aromatic heterocycles. The number of carbonyl (C=O) groups excluding carboxylic acids is 1. The van der Waals surface area contributed by atoms with Gasteiger partial charge in [-0.05, 0) is 46.9 Å². The summed E-state index contributed by atoms with van der Waals surface area (Å²) in [5, 5.41) is 14.5. The maximum absolute atomic E-state index is 12.3. The van der Waals surface area contributed by atoms with Crippen molar-refractivity contribution in [3.63, 3.8) is 0 Å². The van der Waals surface area contributed by atoms with Crippen LogP contribution in [-0.2, 0) is 7.05 Å². The van der Waals surface area contributed by atoms with Gasteiger partial charge in [0.2, 0.25) is 0 Å². The standard InChI is InChI=1S/C14H17N5OS/c1-19-13(16-17-18-19)10-3-2-4-11(9-10)14(20)15-12-5-7-21-8-6-12/h2-4,9,12H,5-8H2,1H3,(H,15,20). The minimum Gasteiger partial charge on any atom is -0.349 e. The SMILES string of the molecule is Cn1nnnc1-c1cccc(C(=O)NC2CCSCC2)c1. The number of aryl methyl sites for hydroxylation is 1. The highest BCUT2D eigenvalue weighted by Gasteiger charge is 2.17.